The van der Waals surface area contributed by atoms with E-state index in [4.69, 9.17) is 0 Å². The Morgan fingerprint density at radius 2 is 1.87 bits per heavy atom. The molecule has 1 nitrogen and oxygen atoms in total. The van der Waals surface area contributed by atoms with E-state index in [2.05, 4.69) is 20.9 Å². The van der Waals surface area contributed by atoms with E-state index < -0.39 is 28.3 Å². The van der Waals surface area contributed by atoms with E-state index in [-0.39, 0.29) is 5.56 Å². The summed E-state index contributed by atoms with van der Waals surface area (Å²) in [5, 5.41) is 0. The third kappa shape index (κ3) is 2.45. The second-order valence-electron chi connectivity index (χ2n) is 2.82. The molecule has 0 saturated carbocycles. The quantitative estimate of drug-likeness (QED) is 0.709. The fourth-order valence-electron chi connectivity index (χ4n) is 1.05. The van der Waals surface area contributed by atoms with Crippen LogP contribution in [0.4, 0.5) is 22.0 Å². The SMILES string of the molecule is Cc1cnc(C(F)(F)F)c(Br)c1C(F)F. The van der Waals surface area contributed by atoms with Gasteiger partial charge < -0.3 is 0 Å². The lowest BCUT2D eigenvalue weighted by Gasteiger charge is -2.13. The van der Waals surface area contributed by atoms with Gasteiger partial charge in [-0.25, -0.2) is 8.78 Å². The van der Waals surface area contributed by atoms with Crippen LogP contribution >= 0.6 is 15.9 Å². The van der Waals surface area contributed by atoms with Gasteiger partial charge in [0, 0.05) is 11.8 Å². The Morgan fingerprint density at radius 1 is 1.33 bits per heavy atom. The van der Waals surface area contributed by atoms with E-state index in [9.17, 15) is 22.0 Å². The second kappa shape index (κ2) is 4.03. The van der Waals surface area contributed by atoms with Gasteiger partial charge in [-0.15, -0.1) is 0 Å². The average Bonchev–Trinajstić information content (AvgIpc) is 2.00. The lowest BCUT2D eigenvalue weighted by atomic mass is 10.1. The minimum absolute atomic E-state index is 0.0184. The molecule has 1 aromatic rings. The number of hydrogen-bond acceptors (Lipinski definition) is 1. The molecule has 0 radical (unpaired) electrons. The highest BCUT2D eigenvalue weighted by Crippen LogP contribution is 2.39. The number of aryl methyl sites for hydroxylation is 1. The summed E-state index contributed by atoms with van der Waals surface area (Å²) in [6.45, 7) is 1.28. The first-order valence-electron chi connectivity index (χ1n) is 3.75. The van der Waals surface area contributed by atoms with Gasteiger partial charge in [-0.05, 0) is 28.4 Å². The first-order chi connectivity index (χ1) is 6.75. The minimum Gasteiger partial charge on any atom is -0.250 e. The van der Waals surface area contributed by atoms with E-state index >= 15 is 0 Å². The molecule has 0 aliphatic carbocycles. The molecule has 84 valence electrons. The van der Waals surface area contributed by atoms with Gasteiger partial charge in [-0.2, -0.15) is 13.2 Å². The topological polar surface area (TPSA) is 12.9 Å². The number of rotatable bonds is 1. The van der Waals surface area contributed by atoms with Gasteiger partial charge in [-0.1, -0.05) is 0 Å². The van der Waals surface area contributed by atoms with Gasteiger partial charge in [0.15, 0.2) is 5.69 Å². The van der Waals surface area contributed by atoms with E-state index in [1.54, 1.807) is 0 Å². The number of hydrogen-bond donors (Lipinski definition) is 0. The highest BCUT2D eigenvalue weighted by molar-refractivity contribution is 9.10. The lowest BCUT2D eigenvalue weighted by molar-refractivity contribution is -0.142. The highest BCUT2D eigenvalue weighted by atomic mass is 79.9. The van der Waals surface area contributed by atoms with Crippen LogP contribution in [0.3, 0.4) is 0 Å². The van der Waals surface area contributed by atoms with Crippen LogP contribution < -0.4 is 0 Å². The van der Waals surface area contributed by atoms with Crippen molar-refractivity contribution in [2.75, 3.05) is 0 Å². The van der Waals surface area contributed by atoms with Crippen LogP contribution in [0, 0.1) is 6.92 Å². The van der Waals surface area contributed by atoms with Crippen LogP contribution in [-0.2, 0) is 6.18 Å². The van der Waals surface area contributed by atoms with Crippen molar-refractivity contribution in [2.45, 2.75) is 19.5 Å². The van der Waals surface area contributed by atoms with Crippen molar-refractivity contribution < 1.29 is 22.0 Å². The number of alkyl halides is 5. The summed E-state index contributed by atoms with van der Waals surface area (Å²) in [6, 6.07) is 0. The van der Waals surface area contributed by atoms with Crippen LogP contribution in [0.5, 0.6) is 0 Å². The molecule has 0 aromatic carbocycles. The molecular weight excluding hydrogens is 285 g/mol. The summed E-state index contributed by atoms with van der Waals surface area (Å²) in [5.41, 5.74) is -1.98. The van der Waals surface area contributed by atoms with E-state index in [0.29, 0.717) is 0 Å². The Morgan fingerprint density at radius 3 is 2.27 bits per heavy atom. The molecule has 0 fully saturated rings. The van der Waals surface area contributed by atoms with Gasteiger partial charge in [-0.3, -0.25) is 4.98 Å². The highest BCUT2D eigenvalue weighted by Gasteiger charge is 2.37. The molecular formula is C8H5BrF5N. The number of pyridine rings is 1. The molecule has 0 aliphatic rings. The van der Waals surface area contributed by atoms with Crippen molar-refractivity contribution >= 4 is 15.9 Å². The summed E-state index contributed by atoms with van der Waals surface area (Å²) in [4.78, 5) is 3.09. The Kier molecular flexibility index (Phi) is 3.32. The molecule has 0 spiro atoms. The molecule has 1 aromatic heterocycles. The van der Waals surface area contributed by atoms with Crippen LogP contribution in [0.2, 0.25) is 0 Å². The first-order valence-corrected chi connectivity index (χ1v) is 4.54. The molecule has 0 bridgehead atoms. The summed E-state index contributed by atoms with van der Waals surface area (Å²) >= 11 is 2.51. The molecule has 0 atom stereocenters. The molecule has 15 heavy (non-hydrogen) atoms. The maximum absolute atomic E-state index is 12.4. The lowest BCUT2D eigenvalue weighted by Crippen LogP contribution is -2.11. The zero-order valence-electron chi connectivity index (χ0n) is 7.37. The van der Waals surface area contributed by atoms with E-state index in [1.165, 1.54) is 6.92 Å². The number of halogens is 6. The first kappa shape index (κ1) is 12.4. The van der Waals surface area contributed by atoms with Crippen LogP contribution in [0.25, 0.3) is 0 Å². The molecule has 1 heterocycles. The van der Waals surface area contributed by atoms with Crippen molar-refractivity contribution in [3.63, 3.8) is 0 Å². The normalized spacial score (nSPS) is 12.3. The van der Waals surface area contributed by atoms with Crippen molar-refractivity contribution in [3.8, 4) is 0 Å². The van der Waals surface area contributed by atoms with Crippen LogP contribution in [0.1, 0.15) is 23.2 Å². The average molecular weight is 290 g/mol. The van der Waals surface area contributed by atoms with Crippen LogP contribution in [-0.4, -0.2) is 4.98 Å². The summed E-state index contributed by atoms with van der Waals surface area (Å²) in [6.07, 6.45) is -6.92. The Labute approximate surface area is 90.4 Å². The molecule has 0 aliphatic heterocycles. The second-order valence-corrected chi connectivity index (χ2v) is 3.61. The van der Waals surface area contributed by atoms with Crippen molar-refractivity contribution in [1.82, 2.24) is 4.98 Å². The fourth-order valence-corrected chi connectivity index (χ4v) is 1.87. The zero-order chi connectivity index (χ0) is 11.8. The summed E-state index contributed by atoms with van der Waals surface area (Å²) in [7, 11) is 0. The molecule has 0 saturated heterocycles. The standard InChI is InChI=1S/C8H5BrF5N/c1-3-2-15-6(8(12,13)14)5(9)4(3)7(10)11/h2,7H,1H3. The van der Waals surface area contributed by atoms with E-state index in [0.717, 1.165) is 6.20 Å². The van der Waals surface area contributed by atoms with Gasteiger partial charge in [0.1, 0.15) is 0 Å². The number of aromatic nitrogens is 1. The molecule has 7 heteroatoms. The maximum atomic E-state index is 12.4. The van der Waals surface area contributed by atoms with E-state index in [1.807, 2.05) is 0 Å². The number of nitrogens with zero attached hydrogens (tertiary/aromatic N) is 1. The van der Waals surface area contributed by atoms with Crippen molar-refractivity contribution in [3.05, 3.63) is 27.5 Å². The Hall–Kier alpha value is -0.720. The Bertz CT molecular complexity index is 374. The summed E-state index contributed by atoms with van der Waals surface area (Å²) < 4.78 is 61.0. The smallest absolute Gasteiger partial charge is 0.250 e. The van der Waals surface area contributed by atoms with Gasteiger partial charge in [0.05, 0.1) is 4.47 Å². The zero-order valence-corrected chi connectivity index (χ0v) is 8.96. The van der Waals surface area contributed by atoms with Gasteiger partial charge in [0.2, 0.25) is 0 Å². The van der Waals surface area contributed by atoms with Crippen molar-refractivity contribution in [1.29, 1.82) is 0 Å². The Balaban J connectivity index is 3.42. The van der Waals surface area contributed by atoms with Gasteiger partial charge in [0.25, 0.3) is 6.43 Å². The fraction of sp³-hybridized carbons (Fsp3) is 0.375. The largest absolute Gasteiger partial charge is 0.434 e. The molecule has 0 unspecified atom stereocenters. The predicted octanol–water partition coefficient (Wildman–Crippen LogP) is 4.11. The third-order valence-corrected chi connectivity index (χ3v) is 2.55. The maximum Gasteiger partial charge on any atom is 0.434 e. The summed E-state index contributed by atoms with van der Waals surface area (Å²) in [5.74, 6) is 0. The molecule has 0 amide bonds. The monoisotopic (exact) mass is 289 g/mol. The van der Waals surface area contributed by atoms with Crippen molar-refractivity contribution in [2.24, 2.45) is 0 Å². The van der Waals surface area contributed by atoms with Gasteiger partial charge >= 0.3 is 6.18 Å². The molecule has 1 rings (SSSR count). The van der Waals surface area contributed by atoms with Crippen LogP contribution in [0.15, 0.2) is 10.7 Å². The minimum atomic E-state index is -4.74. The predicted molar refractivity (Wildman–Crippen MR) is 46.6 cm³/mol. The molecule has 0 N–H and O–H groups in total. The third-order valence-electron chi connectivity index (χ3n) is 1.74.